The molecule has 0 saturated heterocycles. The summed E-state index contributed by atoms with van der Waals surface area (Å²) in [6.07, 6.45) is 22.8. The van der Waals surface area contributed by atoms with Crippen LogP contribution in [0.2, 0.25) is 0 Å². The predicted molar refractivity (Wildman–Crippen MR) is 103 cm³/mol. The highest BCUT2D eigenvalue weighted by Crippen LogP contribution is 2.48. The summed E-state index contributed by atoms with van der Waals surface area (Å²) in [6, 6.07) is 0.786. The van der Waals surface area contributed by atoms with Crippen LogP contribution in [0.5, 0.6) is 0 Å². The van der Waals surface area contributed by atoms with Gasteiger partial charge in [0.2, 0.25) is 0 Å². The lowest BCUT2D eigenvalue weighted by Gasteiger charge is -2.25. The summed E-state index contributed by atoms with van der Waals surface area (Å²) in [4.78, 5) is 5.53. The van der Waals surface area contributed by atoms with E-state index < -0.39 is 0 Å². The highest BCUT2D eigenvalue weighted by molar-refractivity contribution is 5.29. The first-order valence-corrected chi connectivity index (χ1v) is 11.5. The first-order chi connectivity index (χ1) is 12.4. The van der Waals surface area contributed by atoms with Crippen LogP contribution in [0.3, 0.4) is 0 Å². The van der Waals surface area contributed by atoms with Gasteiger partial charge in [0.25, 0.3) is 0 Å². The van der Waals surface area contributed by atoms with E-state index in [0.717, 1.165) is 23.8 Å². The van der Waals surface area contributed by atoms with Crippen LogP contribution in [0.15, 0.2) is 0 Å². The molecule has 0 N–H and O–H groups in total. The summed E-state index contributed by atoms with van der Waals surface area (Å²) in [5.41, 5.74) is 3.36. The summed E-state index contributed by atoms with van der Waals surface area (Å²) < 4.78 is 2.90. The maximum atomic E-state index is 5.53. The zero-order valence-corrected chi connectivity index (χ0v) is 16.0. The quantitative estimate of drug-likeness (QED) is 0.578. The molecule has 4 aliphatic rings. The third kappa shape index (κ3) is 2.98. The van der Waals surface area contributed by atoms with Crippen molar-refractivity contribution in [2.75, 3.05) is 0 Å². The van der Waals surface area contributed by atoms with Crippen molar-refractivity contribution in [2.24, 2.45) is 0 Å². The van der Waals surface area contributed by atoms with Crippen molar-refractivity contribution in [1.82, 2.24) is 9.55 Å². The first-order valence-electron chi connectivity index (χ1n) is 11.5. The van der Waals surface area contributed by atoms with E-state index in [1.165, 1.54) is 103 Å². The molecule has 25 heavy (non-hydrogen) atoms. The van der Waals surface area contributed by atoms with E-state index in [1.54, 1.807) is 17.2 Å². The molecule has 0 unspecified atom stereocenters. The molecular weight excluding hydrogens is 304 g/mol. The number of rotatable bonds is 4. The minimum absolute atomic E-state index is 0.774. The second-order valence-corrected chi connectivity index (χ2v) is 9.49. The van der Waals surface area contributed by atoms with Gasteiger partial charge in [-0.25, -0.2) is 4.98 Å². The fraction of sp³-hybridized carbons (Fsp3) is 0.870. The van der Waals surface area contributed by atoms with Gasteiger partial charge in [0, 0.05) is 29.5 Å². The number of hydrogen-bond acceptors (Lipinski definition) is 1. The monoisotopic (exact) mass is 340 g/mol. The Morgan fingerprint density at radius 1 is 0.560 bits per heavy atom. The molecule has 0 bridgehead atoms. The van der Waals surface area contributed by atoms with Gasteiger partial charge in [-0.15, -0.1) is 0 Å². The molecule has 4 fully saturated rings. The lowest BCUT2D eigenvalue weighted by atomic mass is 9.93. The lowest BCUT2D eigenvalue weighted by Crippen LogP contribution is -2.16. The summed E-state index contributed by atoms with van der Waals surface area (Å²) in [5, 5.41) is 0. The molecule has 1 aromatic rings. The molecule has 1 aromatic heterocycles. The van der Waals surface area contributed by atoms with Crippen molar-refractivity contribution < 1.29 is 0 Å². The van der Waals surface area contributed by atoms with Crippen molar-refractivity contribution in [3.05, 3.63) is 17.2 Å². The maximum Gasteiger partial charge on any atom is 0.112 e. The van der Waals surface area contributed by atoms with Crippen LogP contribution in [0.4, 0.5) is 0 Å². The van der Waals surface area contributed by atoms with Crippen molar-refractivity contribution in [1.29, 1.82) is 0 Å². The SMILES string of the molecule is C1CCC(c2nc(C3CCCC3)n(C3CCCC3)c2C2CCCC2)C1. The summed E-state index contributed by atoms with van der Waals surface area (Å²) in [7, 11) is 0. The molecule has 0 atom stereocenters. The van der Waals surface area contributed by atoms with Gasteiger partial charge in [0.15, 0.2) is 0 Å². The van der Waals surface area contributed by atoms with Gasteiger partial charge in [-0.05, 0) is 51.4 Å². The molecule has 0 aliphatic heterocycles. The smallest absolute Gasteiger partial charge is 0.112 e. The lowest BCUT2D eigenvalue weighted by molar-refractivity contribution is 0.445. The Hall–Kier alpha value is -0.790. The molecule has 5 rings (SSSR count). The van der Waals surface area contributed by atoms with E-state index in [9.17, 15) is 0 Å². The Morgan fingerprint density at radius 2 is 1.04 bits per heavy atom. The van der Waals surface area contributed by atoms with Gasteiger partial charge in [0.1, 0.15) is 5.82 Å². The standard InChI is InChI=1S/C23H36N2/c1-2-10-17(9-1)21-22(18-11-3-4-12-18)25(20-15-7-8-16-20)23(24-21)19-13-5-6-14-19/h17-20H,1-16H2. The van der Waals surface area contributed by atoms with Gasteiger partial charge in [-0.2, -0.15) is 0 Å². The van der Waals surface area contributed by atoms with Gasteiger partial charge in [-0.3, -0.25) is 0 Å². The van der Waals surface area contributed by atoms with Gasteiger partial charge in [0.05, 0.1) is 5.69 Å². The van der Waals surface area contributed by atoms with Gasteiger partial charge in [-0.1, -0.05) is 51.4 Å². The van der Waals surface area contributed by atoms with E-state index in [4.69, 9.17) is 4.98 Å². The van der Waals surface area contributed by atoms with Crippen LogP contribution in [0.25, 0.3) is 0 Å². The number of hydrogen-bond donors (Lipinski definition) is 0. The maximum absolute atomic E-state index is 5.53. The summed E-state index contributed by atoms with van der Waals surface area (Å²) in [5.74, 6) is 3.95. The van der Waals surface area contributed by atoms with Crippen molar-refractivity contribution in [2.45, 2.75) is 127 Å². The Balaban J connectivity index is 1.62. The van der Waals surface area contributed by atoms with E-state index in [2.05, 4.69) is 4.57 Å². The molecule has 0 amide bonds. The topological polar surface area (TPSA) is 17.8 Å². The minimum Gasteiger partial charge on any atom is -0.328 e. The normalized spacial score (nSPS) is 27.2. The van der Waals surface area contributed by atoms with Crippen LogP contribution in [0.1, 0.15) is 144 Å². The molecule has 1 heterocycles. The fourth-order valence-electron chi connectivity index (χ4n) is 6.60. The zero-order chi connectivity index (χ0) is 16.6. The fourth-order valence-corrected chi connectivity index (χ4v) is 6.60. The summed E-state index contributed by atoms with van der Waals surface area (Å²) in [6.45, 7) is 0. The van der Waals surface area contributed by atoms with Crippen molar-refractivity contribution >= 4 is 0 Å². The van der Waals surface area contributed by atoms with E-state index in [0.29, 0.717) is 0 Å². The zero-order valence-electron chi connectivity index (χ0n) is 16.0. The van der Waals surface area contributed by atoms with Gasteiger partial charge >= 0.3 is 0 Å². The first kappa shape index (κ1) is 16.4. The average Bonchev–Trinajstić information content (AvgIpc) is 3.48. The second-order valence-electron chi connectivity index (χ2n) is 9.49. The van der Waals surface area contributed by atoms with E-state index >= 15 is 0 Å². The number of aromatic nitrogens is 2. The van der Waals surface area contributed by atoms with Crippen LogP contribution in [-0.4, -0.2) is 9.55 Å². The molecule has 0 spiro atoms. The molecule has 2 heteroatoms. The Labute approximate surface area is 153 Å². The molecule has 4 aliphatic carbocycles. The van der Waals surface area contributed by atoms with E-state index in [-0.39, 0.29) is 0 Å². The van der Waals surface area contributed by atoms with E-state index in [1.807, 2.05) is 0 Å². The third-order valence-corrected chi connectivity index (χ3v) is 7.90. The Kier molecular flexibility index (Phi) is 4.64. The van der Waals surface area contributed by atoms with Crippen LogP contribution in [0, 0.1) is 0 Å². The Bertz CT molecular complexity index is 527. The van der Waals surface area contributed by atoms with Gasteiger partial charge < -0.3 is 4.57 Å². The molecule has 138 valence electrons. The second kappa shape index (κ2) is 7.08. The molecule has 4 saturated carbocycles. The van der Waals surface area contributed by atoms with Crippen LogP contribution >= 0.6 is 0 Å². The average molecular weight is 341 g/mol. The highest BCUT2D eigenvalue weighted by Gasteiger charge is 2.36. The van der Waals surface area contributed by atoms with Crippen LogP contribution in [-0.2, 0) is 0 Å². The minimum atomic E-state index is 0.774. The van der Waals surface area contributed by atoms with Crippen molar-refractivity contribution in [3.8, 4) is 0 Å². The molecule has 0 aromatic carbocycles. The molecular formula is C23H36N2. The Morgan fingerprint density at radius 3 is 1.64 bits per heavy atom. The summed E-state index contributed by atoms with van der Waals surface area (Å²) >= 11 is 0. The van der Waals surface area contributed by atoms with Crippen molar-refractivity contribution in [3.63, 3.8) is 0 Å². The molecule has 2 nitrogen and oxygen atoms in total. The number of imidazole rings is 1. The largest absolute Gasteiger partial charge is 0.328 e. The third-order valence-electron chi connectivity index (χ3n) is 7.90. The highest BCUT2D eigenvalue weighted by atomic mass is 15.1. The predicted octanol–water partition coefficient (Wildman–Crippen LogP) is 6.97. The van der Waals surface area contributed by atoms with Crippen LogP contribution < -0.4 is 0 Å². The number of nitrogens with zero attached hydrogens (tertiary/aromatic N) is 2. The molecule has 0 radical (unpaired) electrons.